The van der Waals surface area contributed by atoms with Crippen molar-refractivity contribution >= 4 is 35.4 Å². The van der Waals surface area contributed by atoms with Gasteiger partial charge in [-0.25, -0.2) is 9.59 Å². The van der Waals surface area contributed by atoms with Crippen LogP contribution < -0.4 is 0 Å². The molecule has 1 unspecified atom stereocenters. The largest absolute Gasteiger partial charge is 0.478 e. The highest BCUT2D eigenvalue weighted by Crippen LogP contribution is 2.41. The van der Waals surface area contributed by atoms with E-state index in [-0.39, 0.29) is 0 Å². The third-order valence-corrected chi connectivity index (χ3v) is 7.07. The summed E-state index contributed by atoms with van der Waals surface area (Å²) in [6.07, 6.45) is 10.6. The van der Waals surface area contributed by atoms with Crippen LogP contribution in [0.15, 0.2) is 17.2 Å². The topological polar surface area (TPSA) is 104 Å². The summed E-state index contributed by atoms with van der Waals surface area (Å²) in [7, 11) is 0. The second-order valence-corrected chi connectivity index (χ2v) is 9.08. The Morgan fingerprint density at radius 2 is 1.76 bits per heavy atom. The van der Waals surface area contributed by atoms with Crippen molar-refractivity contribution in [3.8, 4) is 0 Å². The van der Waals surface area contributed by atoms with E-state index in [9.17, 15) is 9.59 Å². The Kier molecular flexibility index (Phi) is 10.7. The molecule has 0 amide bonds. The van der Waals surface area contributed by atoms with Crippen molar-refractivity contribution in [2.45, 2.75) is 62.8 Å². The van der Waals surface area contributed by atoms with Gasteiger partial charge in [-0.05, 0) is 44.0 Å². The van der Waals surface area contributed by atoms with Crippen LogP contribution in [0.2, 0.25) is 0 Å². The molecule has 9 heteroatoms. The number of unbranched alkanes of at least 4 members (excludes halogenated alkanes) is 4. The molecular weight excluding hydrogens is 410 g/mol. The van der Waals surface area contributed by atoms with E-state index in [1.165, 1.54) is 92.8 Å². The standard InChI is InChI=1S/C16H27N3S2.C4H4O4/c1-2-3-4-5-6-11-20-16-15(17-21-18-16)14-12-19-9-7-13(14)8-10-19;5-3(6)1-2-4(7)8/h13-14H,2-12H2,1H3;1-2H,(H,5,6)(H,7,8). The van der Waals surface area contributed by atoms with Crippen molar-refractivity contribution in [2.24, 2.45) is 5.92 Å². The minimum atomic E-state index is -1.26. The molecule has 3 aliphatic rings. The van der Waals surface area contributed by atoms with Crippen LogP contribution in [0.25, 0.3) is 0 Å². The lowest BCUT2D eigenvalue weighted by Crippen LogP contribution is -2.46. The number of nitrogens with zero attached hydrogens (tertiary/aromatic N) is 3. The fourth-order valence-electron chi connectivity index (χ4n) is 3.81. The number of fused-ring (bicyclic) bond motifs is 3. The van der Waals surface area contributed by atoms with Gasteiger partial charge in [-0.3, -0.25) is 0 Å². The molecule has 0 spiro atoms. The fourth-order valence-corrected chi connectivity index (χ4v) is 5.58. The van der Waals surface area contributed by atoms with Crippen LogP contribution in [-0.2, 0) is 9.59 Å². The van der Waals surface area contributed by atoms with Crippen molar-refractivity contribution in [3.05, 3.63) is 17.8 Å². The van der Waals surface area contributed by atoms with E-state index in [1.54, 1.807) is 0 Å². The quantitative estimate of drug-likeness (QED) is 0.317. The summed E-state index contributed by atoms with van der Waals surface area (Å²) >= 11 is 3.37. The number of hydrogen-bond donors (Lipinski definition) is 2. The van der Waals surface area contributed by atoms with Gasteiger partial charge in [0.05, 0.1) is 17.4 Å². The molecule has 2 bridgehead atoms. The predicted molar refractivity (Wildman–Crippen MR) is 116 cm³/mol. The van der Waals surface area contributed by atoms with Gasteiger partial charge in [0.25, 0.3) is 0 Å². The zero-order valence-corrected chi connectivity index (χ0v) is 18.6. The van der Waals surface area contributed by atoms with Gasteiger partial charge in [-0.1, -0.05) is 32.6 Å². The van der Waals surface area contributed by atoms with Crippen LogP contribution >= 0.6 is 23.5 Å². The Morgan fingerprint density at radius 1 is 1.10 bits per heavy atom. The normalized spacial score (nSPS) is 23.0. The number of aliphatic carboxylic acids is 2. The highest BCUT2D eigenvalue weighted by Gasteiger charge is 2.37. The van der Waals surface area contributed by atoms with E-state index >= 15 is 0 Å². The van der Waals surface area contributed by atoms with Gasteiger partial charge < -0.3 is 15.1 Å². The van der Waals surface area contributed by atoms with Gasteiger partial charge in [0.1, 0.15) is 5.03 Å². The molecule has 162 valence electrons. The van der Waals surface area contributed by atoms with Crippen molar-refractivity contribution in [3.63, 3.8) is 0 Å². The van der Waals surface area contributed by atoms with E-state index in [2.05, 4.69) is 20.6 Å². The molecule has 0 aliphatic carbocycles. The lowest BCUT2D eigenvalue weighted by molar-refractivity contribution is -0.134. The number of thioether (sulfide) groups is 1. The van der Waals surface area contributed by atoms with E-state index in [1.807, 2.05) is 11.8 Å². The second-order valence-electron chi connectivity index (χ2n) is 7.47. The maximum absolute atomic E-state index is 9.55. The van der Waals surface area contributed by atoms with E-state index in [4.69, 9.17) is 10.2 Å². The van der Waals surface area contributed by atoms with Gasteiger partial charge >= 0.3 is 11.9 Å². The van der Waals surface area contributed by atoms with Crippen molar-refractivity contribution in [1.82, 2.24) is 13.6 Å². The maximum Gasteiger partial charge on any atom is 0.328 e. The van der Waals surface area contributed by atoms with Gasteiger partial charge in [0, 0.05) is 24.6 Å². The molecule has 1 aromatic heterocycles. The van der Waals surface area contributed by atoms with Crippen LogP contribution in [0.4, 0.5) is 0 Å². The second kappa shape index (κ2) is 13.0. The SMILES string of the molecule is CCCCCCCSc1nsnc1C1CN2CCC1CC2.O=C(O)C=CC(=O)O. The summed E-state index contributed by atoms with van der Waals surface area (Å²) in [5.74, 6) is 0.222. The van der Waals surface area contributed by atoms with E-state index in [0.717, 1.165) is 5.92 Å². The highest BCUT2D eigenvalue weighted by atomic mass is 32.2. The first-order valence-corrected chi connectivity index (χ1v) is 12.0. The Bertz CT molecular complexity index is 656. The molecule has 3 fully saturated rings. The van der Waals surface area contributed by atoms with Gasteiger partial charge in [0.15, 0.2) is 0 Å². The zero-order chi connectivity index (χ0) is 21.1. The highest BCUT2D eigenvalue weighted by molar-refractivity contribution is 7.99. The minimum Gasteiger partial charge on any atom is -0.478 e. The predicted octanol–water partition coefficient (Wildman–Crippen LogP) is 4.12. The first-order chi connectivity index (χ1) is 14.0. The Labute approximate surface area is 180 Å². The summed E-state index contributed by atoms with van der Waals surface area (Å²) in [6, 6.07) is 0. The monoisotopic (exact) mass is 441 g/mol. The minimum absolute atomic E-state index is 0.558. The third kappa shape index (κ3) is 8.44. The number of carboxylic acid groups (broad SMARTS) is 2. The molecule has 29 heavy (non-hydrogen) atoms. The van der Waals surface area contributed by atoms with Crippen LogP contribution in [-0.4, -0.2) is 61.2 Å². The first-order valence-electron chi connectivity index (χ1n) is 10.3. The van der Waals surface area contributed by atoms with Crippen molar-refractivity contribution in [2.75, 3.05) is 25.4 Å². The average Bonchev–Trinajstić information content (AvgIpc) is 3.19. The fraction of sp³-hybridized carbons (Fsp3) is 0.700. The molecule has 1 aromatic rings. The summed E-state index contributed by atoms with van der Waals surface area (Å²) < 4.78 is 9.25. The summed E-state index contributed by atoms with van der Waals surface area (Å²) in [4.78, 5) is 21.7. The number of piperidine rings is 3. The summed E-state index contributed by atoms with van der Waals surface area (Å²) in [6.45, 7) is 6.10. The summed E-state index contributed by atoms with van der Waals surface area (Å²) in [5, 5.41) is 16.9. The molecule has 0 saturated carbocycles. The number of aromatic nitrogens is 2. The molecule has 0 radical (unpaired) electrons. The number of hydrogen-bond acceptors (Lipinski definition) is 7. The molecule has 7 nitrogen and oxygen atoms in total. The third-order valence-electron chi connectivity index (χ3n) is 5.34. The first kappa shape index (κ1) is 23.8. The van der Waals surface area contributed by atoms with Crippen molar-refractivity contribution < 1.29 is 19.8 Å². The maximum atomic E-state index is 9.55. The molecule has 4 heterocycles. The molecule has 3 saturated heterocycles. The average molecular weight is 442 g/mol. The van der Waals surface area contributed by atoms with Gasteiger partial charge in [-0.2, -0.15) is 8.75 Å². The molecule has 4 rings (SSSR count). The molecule has 0 aromatic carbocycles. The number of carboxylic acids is 2. The lowest BCUT2D eigenvalue weighted by atomic mass is 9.78. The Hall–Kier alpha value is -1.45. The Balaban J connectivity index is 0.000000321. The van der Waals surface area contributed by atoms with Crippen LogP contribution in [0.5, 0.6) is 0 Å². The van der Waals surface area contributed by atoms with E-state index in [0.29, 0.717) is 18.1 Å². The van der Waals surface area contributed by atoms with Crippen LogP contribution in [0.3, 0.4) is 0 Å². The molecule has 2 N–H and O–H groups in total. The van der Waals surface area contributed by atoms with Gasteiger partial charge in [0.2, 0.25) is 0 Å². The smallest absolute Gasteiger partial charge is 0.328 e. The van der Waals surface area contributed by atoms with E-state index < -0.39 is 11.9 Å². The molecular formula is C20H31N3O4S2. The van der Waals surface area contributed by atoms with Crippen molar-refractivity contribution in [1.29, 1.82) is 0 Å². The Morgan fingerprint density at radius 3 is 2.31 bits per heavy atom. The van der Waals surface area contributed by atoms with Crippen LogP contribution in [0, 0.1) is 5.92 Å². The molecule has 3 aliphatic heterocycles. The zero-order valence-electron chi connectivity index (χ0n) is 17.0. The summed E-state index contributed by atoms with van der Waals surface area (Å²) in [5.41, 5.74) is 1.33. The van der Waals surface area contributed by atoms with Gasteiger partial charge in [-0.15, -0.1) is 11.8 Å². The lowest BCUT2D eigenvalue weighted by Gasteiger charge is -2.44. The number of carbonyl (C=O) groups is 2. The van der Waals surface area contributed by atoms with Crippen LogP contribution in [0.1, 0.15) is 63.5 Å². The molecule has 1 atom stereocenters. The number of rotatable bonds is 10.